The summed E-state index contributed by atoms with van der Waals surface area (Å²) in [5, 5.41) is 37.8. The molecule has 0 heterocycles. The van der Waals surface area contributed by atoms with Crippen molar-refractivity contribution in [3.05, 3.63) is 47.2 Å². The molecule has 7 heteroatoms. The summed E-state index contributed by atoms with van der Waals surface area (Å²) >= 11 is 0. The first-order valence-electron chi connectivity index (χ1n) is 7.36. The minimum atomic E-state index is -1.91. The van der Waals surface area contributed by atoms with Gasteiger partial charge in [-0.15, -0.1) is 0 Å². The molecule has 2 N–H and O–H groups in total. The zero-order valence-electron chi connectivity index (χ0n) is 13.4. The number of allylic oxidation sites excluding steroid dienone is 2. The van der Waals surface area contributed by atoms with Gasteiger partial charge < -0.3 is 10.5 Å². The number of benzene rings is 1. The zero-order valence-corrected chi connectivity index (χ0v) is 13.4. The van der Waals surface area contributed by atoms with Crippen LogP contribution in [0.4, 0.5) is 0 Å². The highest BCUT2D eigenvalue weighted by molar-refractivity contribution is 5.91. The zero-order chi connectivity index (χ0) is 18.7. The van der Waals surface area contributed by atoms with Crippen molar-refractivity contribution in [2.45, 2.75) is 12.8 Å². The largest absolute Gasteiger partial charge is 0.465 e. The number of nitriles is 4. The van der Waals surface area contributed by atoms with Crippen LogP contribution in [0, 0.1) is 56.2 Å². The third-order valence-electron chi connectivity index (χ3n) is 4.41. The van der Waals surface area contributed by atoms with Crippen molar-refractivity contribution in [1.82, 2.24) is 0 Å². The Morgan fingerprint density at radius 3 is 2.12 bits per heavy atom. The molecule has 1 saturated carbocycles. The van der Waals surface area contributed by atoms with Crippen molar-refractivity contribution in [3.63, 3.8) is 0 Å². The first-order valence-corrected chi connectivity index (χ1v) is 7.36. The minimum Gasteiger partial charge on any atom is -0.465 e. The van der Waals surface area contributed by atoms with Crippen molar-refractivity contribution < 1.29 is 9.53 Å². The van der Waals surface area contributed by atoms with E-state index in [2.05, 4.69) is 0 Å². The van der Waals surface area contributed by atoms with Gasteiger partial charge in [0.2, 0.25) is 0 Å². The molecule has 0 aliphatic heterocycles. The van der Waals surface area contributed by atoms with Crippen LogP contribution in [0.2, 0.25) is 0 Å². The topological polar surface area (TPSA) is 147 Å². The molecular formula is C18H13N5O2. The minimum absolute atomic E-state index is 0.0122. The van der Waals surface area contributed by atoms with E-state index < -0.39 is 28.3 Å². The van der Waals surface area contributed by atoms with E-state index >= 15 is 0 Å². The van der Waals surface area contributed by atoms with E-state index in [-0.39, 0.29) is 12.3 Å². The summed E-state index contributed by atoms with van der Waals surface area (Å²) in [4.78, 5) is 12.6. The van der Waals surface area contributed by atoms with Crippen molar-refractivity contribution in [1.29, 1.82) is 21.0 Å². The van der Waals surface area contributed by atoms with Crippen LogP contribution in [0.1, 0.15) is 18.4 Å². The predicted molar refractivity (Wildman–Crippen MR) is 84.3 cm³/mol. The first kappa shape index (κ1) is 17.5. The molecule has 1 aliphatic carbocycles. The van der Waals surface area contributed by atoms with Gasteiger partial charge in [-0.25, -0.2) is 0 Å². The van der Waals surface area contributed by atoms with Crippen LogP contribution >= 0.6 is 0 Å². The molecule has 0 bridgehead atoms. The maximum atomic E-state index is 12.6. The van der Waals surface area contributed by atoms with E-state index in [1.807, 2.05) is 12.1 Å². The van der Waals surface area contributed by atoms with E-state index in [0.717, 1.165) is 0 Å². The Labute approximate surface area is 144 Å². The van der Waals surface area contributed by atoms with Gasteiger partial charge in [-0.3, -0.25) is 4.79 Å². The van der Waals surface area contributed by atoms with Crippen molar-refractivity contribution in [2.24, 2.45) is 16.6 Å². The Hall–Kier alpha value is -3.81. The Morgan fingerprint density at radius 2 is 1.68 bits per heavy atom. The Morgan fingerprint density at radius 1 is 1.12 bits per heavy atom. The summed E-state index contributed by atoms with van der Waals surface area (Å²) in [6.07, 6.45) is 0. The molecule has 7 nitrogen and oxygen atoms in total. The quantitative estimate of drug-likeness (QED) is 0.651. The summed E-state index contributed by atoms with van der Waals surface area (Å²) in [6.45, 7) is 1.59. The van der Waals surface area contributed by atoms with Gasteiger partial charge in [0.15, 0.2) is 5.41 Å². The number of nitrogens with zero attached hydrogens (tertiary/aromatic N) is 4. The second-order valence-electron chi connectivity index (χ2n) is 5.42. The van der Waals surface area contributed by atoms with Crippen LogP contribution in [0.5, 0.6) is 0 Å². The molecule has 0 aromatic heterocycles. The van der Waals surface area contributed by atoms with Crippen LogP contribution in [-0.2, 0) is 9.53 Å². The predicted octanol–water partition coefficient (Wildman–Crippen LogP) is 1.63. The number of rotatable bonds is 4. The van der Waals surface area contributed by atoms with E-state index in [1.54, 1.807) is 49.4 Å². The summed E-state index contributed by atoms with van der Waals surface area (Å²) in [6, 6.07) is 15.5. The average Bonchev–Trinajstić information content (AvgIpc) is 3.28. The van der Waals surface area contributed by atoms with Gasteiger partial charge in [-0.1, -0.05) is 30.3 Å². The van der Waals surface area contributed by atoms with Crippen molar-refractivity contribution >= 4 is 5.97 Å². The Kier molecular flexibility index (Phi) is 4.46. The van der Waals surface area contributed by atoms with Gasteiger partial charge >= 0.3 is 5.97 Å². The lowest BCUT2D eigenvalue weighted by Gasteiger charge is -2.13. The molecule has 1 aromatic rings. The number of carbonyl (C=O) groups is 1. The number of esters is 1. The molecule has 1 aromatic carbocycles. The molecule has 1 fully saturated rings. The molecule has 0 unspecified atom stereocenters. The molecule has 2 rings (SSSR count). The third kappa shape index (κ3) is 2.12. The standard InChI is InChI=1S/C18H13N5O2/c1-2-25-16(24)18(11-22)14(12-6-4-3-5-7-12)17(18,10-21)15(23)13(8-19)9-20/h3-7,14H,2,23H2,1H3/t14-,17-,18+/m0/s1. The van der Waals surface area contributed by atoms with Gasteiger partial charge in [0.1, 0.15) is 23.1 Å². The lowest BCUT2D eigenvalue weighted by Crippen LogP contribution is -2.28. The first-order chi connectivity index (χ1) is 12.0. The van der Waals surface area contributed by atoms with Gasteiger partial charge in [-0.05, 0) is 12.5 Å². The highest BCUT2D eigenvalue weighted by Gasteiger charge is 2.86. The van der Waals surface area contributed by atoms with Gasteiger partial charge in [-0.2, -0.15) is 21.0 Å². The monoisotopic (exact) mass is 331 g/mol. The van der Waals surface area contributed by atoms with Crippen LogP contribution < -0.4 is 5.73 Å². The van der Waals surface area contributed by atoms with E-state index in [1.165, 1.54) is 0 Å². The van der Waals surface area contributed by atoms with Crippen LogP contribution in [0.15, 0.2) is 41.6 Å². The Bertz CT molecular complexity index is 894. The number of ether oxygens (including phenoxy) is 1. The molecule has 122 valence electrons. The number of nitrogens with two attached hydrogens (primary N) is 1. The van der Waals surface area contributed by atoms with Gasteiger partial charge in [0.25, 0.3) is 0 Å². The molecular weight excluding hydrogens is 318 g/mol. The lowest BCUT2D eigenvalue weighted by atomic mass is 9.89. The second-order valence-corrected chi connectivity index (χ2v) is 5.42. The summed E-state index contributed by atoms with van der Waals surface area (Å²) in [5.74, 6) is -1.84. The maximum absolute atomic E-state index is 12.6. The smallest absolute Gasteiger partial charge is 0.329 e. The molecule has 3 atom stereocenters. The number of hydrogen-bond donors (Lipinski definition) is 1. The number of carbonyl (C=O) groups excluding carboxylic acids is 1. The molecule has 0 saturated heterocycles. The van der Waals surface area contributed by atoms with Crippen molar-refractivity contribution in [2.75, 3.05) is 6.61 Å². The fourth-order valence-corrected chi connectivity index (χ4v) is 3.27. The summed E-state index contributed by atoms with van der Waals surface area (Å²) < 4.78 is 5.01. The fourth-order valence-electron chi connectivity index (χ4n) is 3.27. The molecule has 0 amide bonds. The average molecular weight is 331 g/mol. The highest BCUT2D eigenvalue weighted by atomic mass is 16.5. The van der Waals surface area contributed by atoms with Crippen molar-refractivity contribution in [3.8, 4) is 24.3 Å². The van der Waals surface area contributed by atoms with Gasteiger partial charge in [0, 0.05) is 5.92 Å². The van der Waals surface area contributed by atoms with Crippen LogP contribution in [0.25, 0.3) is 0 Å². The van der Waals surface area contributed by atoms with E-state index in [0.29, 0.717) is 5.56 Å². The third-order valence-corrected chi connectivity index (χ3v) is 4.41. The SMILES string of the molecule is CCOC(=O)[C@@]1(C#N)[C@@H](c2ccccc2)[C@@]1(C#N)C(N)=C(C#N)C#N. The number of hydrogen-bond acceptors (Lipinski definition) is 7. The highest BCUT2D eigenvalue weighted by Crippen LogP contribution is 2.76. The molecule has 0 radical (unpaired) electrons. The van der Waals surface area contributed by atoms with Crippen LogP contribution in [-0.4, -0.2) is 12.6 Å². The molecule has 1 aliphatic rings. The lowest BCUT2D eigenvalue weighted by molar-refractivity contribution is -0.148. The summed E-state index contributed by atoms with van der Waals surface area (Å²) in [5.41, 5.74) is 1.85. The maximum Gasteiger partial charge on any atom is 0.329 e. The van der Waals surface area contributed by atoms with Crippen LogP contribution in [0.3, 0.4) is 0 Å². The van der Waals surface area contributed by atoms with E-state index in [9.17, 15) is 15.3 Å². The summed E-state index contributed by atoms with van der Waals surface area (Å²) in [7, 11) is 0. The normalized spacial score (nSPS) is 26.0. The fraction of sp³-hybridized carbons (Fsp3) is 0.278. The molecule has 25 heavy (non-hydrogen) atoms. The Balaban J connectivity index is 2.81. The molecule has 0 spiro atoms. The second kappa shape index (κ2) is 6.36. The van der Waals surface area contributed by atoms with Gasteiger partial charge in [0.05, 0.1) is 24.4 Å². The van der Waals surface area contributed by atoms with E-state index in [4.69, 9.17) is 21.0 Å².